The molecule has 32 heavy (non-hydrogen) atoms. The molecule has 0 spiro atoms. The van der Waals surface area contributed by atoms with Crippen LogP contribution in [0.2, 0.25) is 0 Å². The van der Waals surface area contributed by atoms with Gasteiger partial charge in [-0.1, -0.05) is 88.0 Å². The lowest BCUT2D eigenvalue weighted by Gasteiger charge is -2.20. The van der Waals surface area contributed by atoms with Gasteiger partial charge >= 0.3 is 0 Å². The molecule has 0 unspecified atom stereocenters. The third kappa shape index (κ3) is 4.21. The molecule has 0 bridgehead atoms. The Balaban J connectivity index is 0.000000135. The average molecular weight is 676 g/mol. The van der Waals surface area contributed by atoms with Gasteiger partial charge in [-0.15, -0.1) is 0 Å². The van der Waals surface area contributed by atoms with Crippen LogP contribution in [0.25, 0.3) is 22.3 Å². The van der Waals surface area contributed by atoms with E-state index in [-0.39, 0.29) is 5.78 Å². The van der Waals surface area contributed by atoms with Crippen molar-refractivity contribution in [2.45, 2.75) is 12.8 Å². The number of carbonyl (C=O) groups excluding carboxylic acids is 1. The Hall–Kier alpha value is -1.53. The molecule has 0 saturated carbocycles. The van der Waals surface area contributed by atoms with Crippen LogP contribution >= 0.6 is 63.7 Å². The zero-order valence-corrected chi connectivity index (χ0v) is 23.1. The quantitative estimate of drug-likeness (QED) is 0.160. The number of benzene rings is 4. The molecular formula is C27H16Br4O. The first kappa shape index (κ1) is 22.3. The Morgan fingerprint density at radius 3 is 1.19 bits per heavy atom. The third-order valence-corrected chi connectivity index (χ3v) is 7.80. The van der Waals surface area contributed by atoms with Crippen LogP contribution in [-0.2, 0) is 12.8 Å². The molecule has 5 heteroatoms. The first-order valence-corrected chi connectivity index (χ1v) is 13.3. The third-order valence-electron chi connectivity index (χ3n) is 5.83. The van der Waals surface area contributed by atoms with Crippen LogP contribution in [0.1, 0.15) is 27.0 Å². The zero-order chi connectivity index (χ0) is 22.4. The van der Waals surface area contributed by atoms with E-state index in [4.69, 9.17) is 0 Å². The normalized spacial score (nSPS) is 12.8. The van der Waals surface area contributed by atoms with Crippen molar-refractivity contribution in [1.82, 2.24) is 0 Å². The van der Waals surface area contributed by atoms with Crippen LogP contribution in [0.5, 0.6) is 0 Å². The van der Waals surface area contributed by atoms with Crippen LogP contribution in [0, 0.1) is 0 Å². The summed E-state index contributed by atoms with van der Waals surface area (Å²) in [6.07, 6.45) is 2.27. The number of aryl methyl sites for hydroxylation is 2. The fraction of sp³-hybridized carbons (Fsp3) is 0.0741. The molecule has 2 aliphatic carbocycles. The lowest BCUT2D eigenvalue weighted by molar-refractivity contribution is 0.104. The van der Waals surface area contributed by atoms with Gasteiger partial charge in [0, 0.05) is 29.0 Å². The molecule has 2 aliphatic rings. The number of rotatable bonds is 0. The van der Waals surface area contributed by atoms with Crippen molar-refractivity contribution in [3.63, 3.8) is 0 Å². The molecule has 4 aromatic rings. The second-order valence-corrected chi connectivity index (χ2v) is 11.5. The van der Waals surface area contributed by atoms with Crippen LogP contribution in [0.15, 0.2) is 90.7 Å². The number of ketones is 1. The van der Waals surface area contributed by atoms with Crippen LogP contribution < -0.4 is 0 Å². The Morgan fingerprint density at radius 2 is 0.781 bits per heavy atom. The highest BCUT2D eigenvalue weighted by atomic mass is 79.9. The largest absolute Gasteiger partial charge is 0.289 e. The summed E-state index contributed by atoms with van der Waals surface area (Å²) < 4.78 is 4.22. The van der Waals surface area contributed by atoms with E-state index in [0.29, 0.717) is 0 Å². The first-order valence-electron chi connectivity index (χ1n) is 10.1. The topological polar surface area (TPSA) is 17.1 Å². The number of carbonyl (C=O) groups is 1. The van der Waals surface area contributed by atoms with Crippen molar-refractivity contribution in [3.8, 4) is 22.3 Å². The van der Waals surface area contributed by atoms with E-state index in [0.717, 1.165) is 44.0 Å². The van der Waals surface area contributed by atoms with E-state index < -0.39 is 0 Å². The summed E-state index contributed by atoms with van der Waals surface area (Å²) in [5.41, 5.74) is 9.28. The molecule has 0 fully saturated rings. The van der Waals surface area contributed by atoms with Crippen LogP contribution in [0.4, 0.5) is 0 Å². The summed E-state index contributed by atoms with van der Waals surface area (Å²) in [6, 6.07) is 24.8. The van der Waals surface area contributed by atoms with E-state index in [1.165, 1.54) is 31.2 Å². The zero-order valence-electron chi connectivity index (χ0n) is 16.8. The highest BCUT2D eigenvalue weighted by Crippen LogP contribution is 2.39. The Labute approximate surface area is 220 Å². The first-order chi connectivity index (χ1) is 15.4. The van der Waals surface area contributed by atoms with Gasteiger partial charge in [-0.05, 0) is 94.8 Å². The minimum absolute atomic E-state index is 0.104. The van der Waals surface area contributed by atoms with Crippen molar-refractivity contribution in [3.05, 3.63) is 113 Å². The fourth-order valence-electron chi connectivity index (χ4n) is 4.36. The average Bonchev–Trinajstić information content (AvgIpc) is 3.04. The lowest BCUT2D eigenvalue weighted by atomic mass is 9.86. The van der Waals surface area contributed by atoms with Gasteiger partial charge in [-0.2, -0.15) is 0 Å². The van der Waals surface area contributed by atoms with Crippen molar-refractivity contribution >= 4 is 69.5 Å². The van der Waals surface area contributed by atoms with E-state index in [1.807, 2.05) is 36.4 Å². The molecule has 158 valence electrons. The van der Waals surface area contributed by atoms with Gasteiger partial charge in [0.2, 0.25) is 0 Å². The SMILES string of the molecule is Brc1ccc2c(c1)CCc1cc(Br)ccc1-2.O=C1c2cc(Br)ccc2-c2ccc(Br)cc21. The Morgan fingerprint density at radius 1 is 0.438 bits per heavy atom. The number of hydrogen-bond donors (Lipinski definition) is 0. The standard InChI is InChI=1S/C14H10Br2.C13H6Br2O/c15-11-3-5-13-9(7-11)1-2-10-8-12(16)4-6-14(10)13;14-7-1-3-9-10-4-2-8(15)6-12(10)13(16)11(9)5-7/h3-8H,1-2H2;1-6H. The molecule has 0 heterocycles. The second kappa shape index (κ2) is 9.02. The summed E-state index contributed by atoms with van der Waals surface area (Å²) >= 11 is 13.8. The molecule has 4 aromatic carbocycles. The predicted octanol–water partition coefficient (Wildman–Crippen LogP) is 9.40. The molecule has 0 aliphatic heterocycles. The second-order valence-electron chi connectivity index (χ2n) is 7.81. The van der Waals surface area contributed by atoms with E-state index in [2.05, 4.69) is 100 Å². The number of hydrogen-bond acceptors (Lipinski definition) is 1. The molecular weight excluding hydrogens is 660 g/mol. The van der Waals surface area contributed by atoms with Gasteiger partial charge in [-0.25, -0.2) is 0 Å². The van der Waals surface area contributed by atoms with Crippen molar-refractivity contribution in [2.75, 3.05) is 0 Å². The lowest BCUT2D eigenvalue weighted by Crippen LogP contribution is -2.03. The maximum atomic E-state index is 12.2. The summed E-state index contributed by atoms with van der Waals surface area (Å²) in [7, 11) is 0. The number of fused-ring (bicyclic) bond motifs is 6. The molecule has 6 rings (SSSR count). The molecule has 0 N–H and O–H groups in total. The maximum Gasteiger partial charge on any atom is 0.194 e. The van der Waals surface area contributed by atoms with Crippen LogP contribution in [0.3, 0.4) is 0 Å². The van der Waals surface area contributed by atoms with Gasteiger partial charge in [0.1, 0.15) is 0 Å². The monoisotopic (exact) mass is 672 g/mol. The summed E-state index contributed by atoms with van der Waals surface area (Å²) in [5.74, 6) is 0.104. The molecule has 0 atom stereocenters. The summed E-state index contributed by atoms with van der Waals surface area (Å²) in [4.78, 5) is 12.2. The van der Waals surface area contributed by atoms with Crippen molar-refractivity contribution in [2.24, 2.45) is 0 Å². The molecule has 0 radical (unpaired) electrons. The van der Waals surface area contributed by atoms with Gasteiger partial charge in [-0.3, -0.25) is 4.79 Å². The summed E-state index contributed by atoms with van der Waals surface area (Å²) in [6.45, 7) is 0. The maximum absolute atomic E-state index is 12.2. The predicted molar refractivity (Wildman–Crippen MR) is 145 cm³/mol. The minimum atomic E-state index is 0.104. The molecule has 0 amide bonds. The van der Waals surface area contributed by atoms with Gasteiger partial charge < -0.3 is 0 Å². The Kier molecular flexibility index (Phi) is 6.28. The van der Waals surface area contributed by atoms with Crippen LogP contribution in [-0.4, -0.2) is 5.78 Å². The Bertz CT molecular complexity index is 1290. The van der Waals surface area contributed by atoms with Gasteiger partial charge in [0.25, 0.3) is 0 Å². The minimum Gasteiger partial charge on any atom is -0.289 e. The number of halogens is 4. The molecule has 0 aromatic heterocycles. The van der Waals surface area contributed by atoms with E-state index >= 15 is 0 Å². The van der Waals surface area contributed by atoms with Gasteiger partial charge in [0.05, 0.1) is 0 Å². The fourth-order valence-corrected chi connectivity index (χ4v) is 5.90. The smallest absolute Gasteiger partial charge is 0.194 e. The molecule has 1 nitrogen and oxygen atoms in total. The van der Waals surface area contributed by atoms with Gasteiger partial charge in [0.15, 0.2) is 5.78 Å². The van der Waals surface area contributed by atoms with Crippen molar-refractivity contribution in [1.29, 1.82) is 0 Å². The van der Waals surface area contributed by atoms with Crippen molar-refractivity contribution < 1.29 is 4.79 Å². The highest BCUT2D eigenvalue weighted by Gasteiger charge is 2.26. The highest BCUT2D eigenvalue weighted by molar-refractivity contribution is 9.11. The van der Waals surface area contributed by atoms with E-state index in [1.54, 1.807) is 0 Å². The van der Waals surface area contributed by atoms with E-state index in [9.17, 15) is 4.79 Å². The summed E-state index contributed by atoms with van der Waals surface area (Å²) in [5, 5.41) is 0. The molecule has 0 saturated heterocycles.